The Balaban J connectivity index is 2.27. The Bertz CT molecular complexity index is 340. The average molecular weight is 229 g/mol. The summed E-state index contributed by atoms with van der Waals surface area (Å²) in [6, 6.07) is 2.00. The molecule has 0 bridgehead atoms. The van der Waals surface area contributed by atoms with Gasteiger partial charge in [-0.15, -0.1) is 0 Å². The summed E-state index contributed by atoms with van der Waals surface area (Å²) in [5.41, 5.74) is 5.55. The molecule has 1 atom stereocenters. The van der Waals surface area contributed by atoms with Crippen LogP contribution in [-0.4, -0.2) is 35.8 Å². The number of rotatable bonds is 1. The van der Waals surface area contributed by atoms with E-state index in [-0.39, 0.29) is 12.0 Å². The zero-order chi connectivity index (χ0) is 10.8. The second-order valence-electron chi connectivity index (χ2n) is 3.52. The predicted molar refractivity (Wildman–Crippen MR) is 59.1 cm³/mol. The molecule has 1 unspecified atom stereocenters. The minimum absolute atomic E-state index is 0.205. The largest absolute Gasteiger partial charge is 0.377 e. The number of aromatic nitrogens is 2. The van der Waals surface area contributed by atoms with Crippen LogP contribution in [0.4, 0.5) is 11.8 Å². The van der Waals surface area contributed by atoms with E-state index in [1.54, 1.807) is 6.07 Å². The topological polar surface area (TPSA) is 64.3 Å². The van der Waals surface area contributed by atoms with E-state index in [2.05, 4.69) is 21.8 Å². The lowest BCUT2D eigenvalue weighted by Gasteiger charge is -2.34. The summed E-state index contributed by atoms with van der Waals surface area (Å²) in [5.74, 6) is 0.972. The Labute approximate surface area is 93.2 Å². The molecular weight excluding hydrogens is 216 g/mol. The Hall–Kier alpha value is -1.07. The fraction of sp³-hybridized carbons (Fsp3) is 0.556. The van der Waals surface area contributed by atoms with Crippen LogP contribution in [0, 0.1) is 0 Å². The van der Waals surface area contributed by atoms with Crippen molar-refractivity contribution in [3.05, 3.63) is 11.2 Å². The molecule has 0 aliphatic carbocycles. The van der Waals surface area contributed by atoms with Gasteiger partial charge in [-0.1, -0.05) is 11.6 Å². The highest BCUT2D eigenvalue weighted by atomic mass is 35.5. The van der Waals surface area contributed by atoms with E-state index in [0.717, 1.165) is 12.4 Å². The van der Waals surface area contributed by atoms with Crippen LogP contribution in [0.1, 0.15) is 6.92 Å². The molecule has 6 heteroatoms. The van der Waals surface area contributed by atoms with Gasteiger partial charge in [0.15, 0.2) is 0 Å². The lowest BCUT2D eigenvalue weighted by Crippen LogP contribution is -2.44. The maximum atomic E-state index is 5.83. The quantitative estimate of drug-likeness (QED) is 0.725. The van der Waals surface area contributed by atoms with E-state index in [9.17, 15) is 0 Å². The van der Waals surface area contributed by atoms with E-state index < -0.39 is 0 Å². The number of halogens is 1. The third kappa shape index (κ3) is 2.30. The number of ether oxygens (including phenoxy) is 1. The number of hydrogen-bond acceptors (Lipinski definition) is 5. The van der Waals surface area contributed by atoms with Gasteiger partial charge in [0.05, 0.1) is 19.3 Å². The molecule has 1 aliphatic rings. The third-order valence-electron chi connectivity index (χ3n) is 2.36. The van der Waals surface area contributed by atoms with Gasteiger partial charge < -0.3 is 15.4 Å². The summed E-state index contributed by atoms with van der Waals surface area (Å²) in [4.78, 5) is 10.1. The van der Waals surface area contributed by atoms with E-state index in [1.807, 2.05) is 0 Å². The van der Waals surface area contributed by atoms with Crippen LogP contribution in [0.15, 0.2) is 6.07 Å². The van der Waals surface area contributed by atoms with Gasteiger partial charge in [0.1, 0.15) is 11.0 Å². The summed E-state index contributed by atoms with van der Waals surface area (Å²) < 4.78 is 5.34. The molecule has 2 N–H and O–H groups in total. The van der Waals surface area contributed by atoms with Crippen LogP contribution in [0.25, 0.3) is 0 Å². The Kier molecular flexibility index (Phi) is 2.93. The summed E-state index contributed by atoms with van der Waals surface area (Å²) >= 11 is 5.83. The minimum Gasteiger partial charge on any atom is -0.377 e. The Morgan fingerprint density at radius 2 is 2.40 bits per heavy atom. The summed E-state index contributed by atoms with van der Waals surface area (Å²) in [5, 5.41) is 0.371. The van der Waals surface area contributed by atoms with Crippen molar-refractivity contribution in [2.24, 2.45) is 0 Å². The summed E-state index contributed by atoms with van der Waals surface area (Å²) in [6.07, 6.45) is 0. The van der Waals surface area contributed by atoms with Gasteiger partial charge in [-0.25, -0.2) is 4.98 Å². The first kappa shape index (κ1) is 10.4. The van der Waals surface area contributed by atoms with Gasteiger partial charge in [-0.05, 0) is 6.92 Å². The molecule has 0 radical (unpaired) electrons. The molecule has 0 amide bonds. The first-order valence-electron chi connectivity index (χ1n) is 4.81. The van der Waals surface area contributed by atoms with Gasteiger partial charge in [0.25, 0.3) is 0 Å². The zero-order valence-corrected chi connectivity index (χ0v) is 9.24. The number of hydrogen-bond donors (Lipinski definition) is 1. The molecule has 82 valence electrons. The second kappa shape index (κ2) is 4.20. The molecular formula is C9H13ClN4O. The molecule has 0 aromatic carbocycles. The van der Waals surface area contributed by atoms with E-state index >= 15 is 0 Å². The number of morpholine rings is 1. The molecule has 1 aliphatic heterocycles. The normalized spacial score (nSPS) is 21.7. The maximum absolute atomic E-state index is 5.83. The molecule has 2 heterocycles. The maximum Gasteiger partial charge on any atom is 0.223 e. The summed E-state index contributed by atoms with van der Waals surface area (Å²) in [6.45, 7) is 4.27. The van der Waals surface area contributed by atoms with Crippen LogP contribution in [0.5, 0.6) is 0 Å². The molecule has 1 aromatic heterocycles. The van der Waals surface area contributed by atoms with Crippen LogP contribution in [0.2, 0.25) is 5.15 Å². The molecule has 2 rings (SSSR count). The fourth-order valence-corrected chi connectivity index (χ4v) is 1.82. The van der Waals surface area contributed by atoms with Crippen LogP contribution < -0.4 is 10.6 Å². The van der Waals surface area contributed by atoms with Crippen molar-refractivity contribution >= 4 is 23.4 Å². The van der Waals surface area contributed by atoms with Crippen molar-refractivity contribution in [3.63, 3.8) is 0 Å². The van der Waals surface area contributed by atoms with Gasteiger partial charge in [0.2, 0.25) is 5.95 Å². The monoisotopic (exact) mass is 228 g/mol. The highest BCUT2D eigenvalue weighted by Crippen LogP contribution is 2.20. The van der Waals surface area contributed by atoms with Gasteiger partial charge in [0, 0.05) is 12.6 Å². The zero-order valence-electron chi connectivity index (χ0n) is 8.48. The highest BCUT2D eigenvalue weighted by Gasteiger charge is 2.20. The van der Waals surface area contributed by atoms with Crippen molar-refractivity contribution < 1.29 is 4.74 Å². The fourth-order valence-electron chi connectivity index (χ4n) is 1.64. The lowest BCUT2D eigenvalue weighted by molar-refractivity contribution is 0.0985. The van der Waals surface area contributed by atoms with E-state index in [1.165, 1.54) is 0 Å². The van der Waals surface area contributed by atoms with Crippen LogP contribution in [-0.2, 0) is 4.74 Å². The van der Waals surface area contributed by atoms with Crippen molar-refractivity contribution in [1.29, 1.82) is 0 Å². The number of nitrogen functional groups attached to an aromatic ring is 1. The molecule has 15 heavy (non-hydrogen) atoms. The van der Waals surface area contributed by atoms with Crippen LogP contribution in [0.3, 0.4) is 0 Å². The van der Waals surface area contributed by atoms with E-state index in [4.69, 9.17) is 22.1 Å². The molecule has 1 aromatic rings. The number of nitrogens with zero attached hydrogens (tertiary/aromatic N) is 3. The standard InChI is InChI=1S/C9H13ClN4O/c1-6-5-15-3-2-14(6)8-4-7(10)12-9(11)13-8/h4,6H,2-3,5H2,1H3,(H2,11,12,13). The SMILES string of the molecule is CC1COCCN1c1cc(Cl)nc(N)n1. The van der Waals surface area contributed by atoms with E-state index in [0.29, 0.717) is 18.4 Å². The van der Waals surface area contributed by atoms with Crippen molar-refractivity contribution in [1.82, 2.24) is 9.97 Å². The van der Waals surface area contributed by atoms with Gasteiger partial charge in [-0.2, -0.15) is 4.98 Å². The van der Waals surface area contributed by atoms with Gasteiger partial charge >= 0.3 is 0 Å². The summed E-state index contributed by atoms with van der Waals surface area (Å²) in [7, 11) is 0. The molecule has 0 saturated carbocycles. The minimum atomic E-state index is 0.205. The Morgan fingerprint density at radius 1 is 1.60 bits per heavy atom. The third-order valence-corrected chi connectivity index (χ3v) is 2.55. The number of nitrogens with two attached hydrogens (primary N) is 1. The molecule has 5 nitrogen and oxygen atoms in total. The van der Waals surface area contributed by atoms with Crippen molar-refractivity contribution in [2.45, 2.75) is 13.0 Å². The smallest absolute Gasteiger partial charge is 0.223 e. The predicted octanol–water partition coefficient (Wildman–Crippen LogP) is 0.937. The highest BCUT2D eigenvalue weighted by molar-refractivity contribution is 6.29. The van der Waals surface area contributed by atoms with Crippen molar-refractivity contribution in [2.75, 3.05) is 30.4 Å². The second-order valence-corrected chi connectivity index (χ2v) is 3.91. The number of anilines is 2. The lowest BCUT2D eigenvalue weighted by atomic mass is 10.2. The molecule has 1 saturated heterocycles. The molecule has 0 spiro atoms. The average Bonchev–Trinajstić information content (AvgIpc) is 2.16. The van der Waals surface area contributed by atoms with Crippen LogP contribution >= 0.6 is 11.6 Å². The first-order chi connectivity index (χ1) is 7.16. The Morgan fingerprint density at radius 3 is 3.07 bits per heavy atom. The molecule has 1 fully saturated rings. The first-order valence-corrected chi connectivity index (χ1v) is 5.19. The van der Waals surface area contributed by atoms with Crippen molar-refractivity contribution in [3.8, 4) is 0 Å². The van der Waals surface area contributed by atoms with Gasteiger partial charge in [-0.3, -0.25) is 0 Å².